The number of rotatable bonds is 8. The SMILES string of the molecule is CCOc1ccc(CC(=O)O)cc1-c1ccc(F)c2c1CN(C(=O)[C@H](C)Cc1ccccc1)CC2. The van der Waals surface area contributed by atoms with Crippen molar-refractivity contribution in [1.82, 2.24) is 4.90 Å². The van der Waals surface area contributed by atoms with E-state index in [0.717, 1.165) is 16.7 Å². The maximum absolute atomic E-state index is 14.8. The van der Waals surface area contributed by atoms with Gasteiger partial charge in [0.2, 0.25) is 5.91 Å². The highest BCUT2D eigenvalue weighted by molar-refractivity contribution is 5.81. The monoisotopic (exact) mass is 475 g/mol. The molecular weight excluding hydrogens is 445 g/mol. The zero-order chi connectivity index (χ0) is 24.9. The molecule has 1 atom stereocenters. The number of hydrogen-bond donors (Lipinski definition) is 1. The zero-order valence-electron chi connectivity index (χ0n) is 20.1. The van der Waals surface area contributed by atoms with E-state index in [0.29, 0.717) is 55.0 Å². The Balaban J connectivity index is 1.67. The summed E-state index contributed by atoms with van der Waals surface area (Å²) in [5.74, 6) is -0.761. The molecule has 0 fully saturated rings. The first kappa shape index (κ1) is 24.5. The predicted molar refractivity (Wildman–Crippen MR) is 133 cm³/mol. The van der Waals surface area contributed by atoms with Crippen molar-refractivity contribution in [3.63, 3.8) is 0 Å². The highest BCUT2D eigenvalue weighted by Gasteiger charge is 2.29. The number of carbonyl (C=O) groups excluding carboxylic acids is 1. The molecule has 6 heteroatoms. The molecule has 1 N–H and O–H groups in total. The van der Waals surface area contributed by atoms with Crippen LogP contribution in [0.4, 0.5) is 4.39 Å². The van der Waals surface area contributed by atoms with E-state index < -0.39 is 5.97 Å². The lowest BCUT2D eigenvalue weighted by atomic mass is 9.88. The first-order valence-electron chi connectivity index (χ1n) is 12.0. The summed E-state index contributed by atoms with van der Waals surface area (Å²) < 4.78 is 20.7. The van der Waals surface area contributed by atoms with E-state index in [1.165, 1.54) is 6.07 Å². The van der Waals surface area contributed by atoms with Gasteiger partial charge in [0, 0.05) is 24.6 Å². The second-order valence-electron chi connectivity index (χ2n) is 8.99. The Labute approximate surface area is 205 Å². The van der Waals surface area contributed by atoms with Crippen LogP contribution in [-0.2, 0) is 35.4 Å². The van der Waals surface area contributed by atoms with Gasteiger partial charge in [-0.2, -0.15) is 0 Å². The molecule has 0 spiro atoms. The number of hydrogen-bond acceptors (Lipinski definition) is 3. The fraction of sp³-hybridized carbons (Fsp3) is 0.310. The van der Waals surface area contributed by atoms with Crippen LogP contribution >= 0.6 is 0 Å². The first-order valence-corrected chi connectivity index (χ1v) is 12.0. The molecular formula is C29H30FNO4. The van der Waals surface area contributed by atoms with Crippen molar-refractivity contribution in [2.24, 2.45) is 5.92 Å². The Hall–Kier alpha value is -3.67. The number of amides is 1. The molecule has 0 aliphatic carbocycles. The molecule has 3 aromatic carbocycles. The van der Waals surface area contributed by atoms with Crippen LogP contribution in [0.15, 0.2) is 60.7 Å². The number of carboxylic acid groups (broad SMARTS) is 1. The lowest BCUT2D eigenvalue weighted by Gasteiger charge is -2.33. The number of aliphatic carboxylic acids is 1. The molecule has 1 aliphatic heterocycles. The minimum atomic E-state index is -0.926. The second kappa shape index (κ2) is 10.7. The predicted octanol–water partition coefficient (Wildman–Crippen LogP) is 5.28. The van der Waals surface area contributed by atoms with Crippen molar-refractivity contribution in [2.75, 3.05) is 13.2 Å². The van der Waals surface area contributed by atoms with Crippen LogP contribution < -0.4 is 4.74 Å². The Bertz CT molecular complexity index is 1220. The number of carboxylic acids is 1. The van der Waals surface area contributed by atoms with Crippen LogP contribution in [-0.4, -0.2) is 35.0 Å². The van der Waals surface area contributed by atoms with Gasteiger partial charge in [0.15, 0.2) is 0 Å². The Morgan fingerprint density at radius 3 is 2.51 bits per heavy atom. The number of nitrogens with zero attached hydrogens (tertiary/aromatic N) is 1. The molecule has 0 radical (unpaired) electrons. The van der Waals surface area contributed by atoms with Gasteiger partial charge >= 0.3 is 5.97 Å². The van der Waals surface area contributed by atoms with Crippen molar-refractivity contribution in [3.05, 3.63) is 88.7 Å². The van der Waals surface area contributed by atoms with Crippen molar-refractivity contribution >= 4 is 11.9 Å². The summed E-state index contributed by atoms with van der Waals surface area (Å²) in [7, 11) is 0. The van der Waals surface area contributed by atoms with Crippen LogP contribution in [0.3, 0.4) is 0 Å². The summed E-state index contributed by atoms with van der Waals surface area (Å²) in [6.07, 6.45) is 0.951. The van der Waals surface area contributed by atoms with Crippen LogP contribution in [0.2, 0.25) is 0 Å². The number of carbonyl (C=O) groups is 2. The van der Waals surface area contributed by atoms with E-state index >= 15 is 0 Å². The summed E-state index contributed by atoms with van der Waals surface area (Å²) in [4.78, 5) is 26.4. The van der Waals surface area contributed by atoms with Crippen molar-refractivity contribution in [2.45, 2.75) is 39.7 Å². The fourth-order valence-electron chi connectivity index (χ4n) is 4.79. The highest BCUT2D eigenvalue weighted by Crippen LogP contribution is 2.38. The van der Waals surface area contributed by atoms with Gasteiger partial charge in [0.25, 0.3) is 0 Å². The largest absolute Gasteiger partial charge is 0.493 e. The van der Waals surface area contributed by atoms with Crippen LogP contribution in [0.1, 0.15) is 36.1 Å². The lowest BCUT2D eigenvalue weighted by molar-refractivity contribution is -0.136. The van der Waals surface area contributed by atoms with Gasteiger partial charge in [-0.3, -0.25) is 9.59 Å². The second-order valence-corrected chi connectivity index (χ2v) is 8.99. The summed E-state index contributed by atoms with van der Waals surface area (Å²) in [5, 5.41) is 9.26. The first-order chi connectivity index (χ1) is 16.9. The van der Waals surface area contributed by atoms with E-state index in [1.54, 1.807) is 29.2 Å². The summed E-state index contributed by atoms with van der Waals surface area (Å²) in [6.45, 7) is 5.01. The molecule has 0 saturated carbocycles. The molecule has 1 heterocycles. The van der Waals surface area contributed by atoms with E-state index in [-0.39, 0.29) is 24.1 Å². The quantitative estimate of drug-likeness (QED) is 0.481. The zero-order valence-corrected chi connectivity index (χ0v) is 20.1. The third-order valence-electron chi connectivity index (χ3n) is 6.46. The molecule has 0 saturated heterocycles. The Morgan fingerprint density at radius 2 is 1.80 bits per heavy atom. The maximum atomic E-state index is 14.8. The van der Waals surface area contributed by atoms with E-state index in [4.69, 9.17) is 4.74 Å². The van der Waals surface area contributed by atoms with Crippen LogP contribution in [0, 0.1) is 11.7 Å². The molecule has 4 rings (SSSR count). The normalized spacial score (nSPS) is 13.7. The van der Waals surface area contributed by atoms with E-state index in [1.807, 2.05) is 44.2 Å². The number of halogens is 1. The molecule has 0 unspecified atom stereocenters. The minimum absolute atomic E-state index is 0.0411. The highest BCUT2D eigenvalue weighted by atomic mass is 19.1. The van der Waals surface area contributed by atoms with Gasteiger partial charge in [-0.05, 0) is 65.8 Å². The van der Waals surface area contributed by atoms with Crippen molar-refractivity contribution in [3.8, 4) is 16.9 Å². The molecule has 35 heavy (non-hydrogen) atoms. The van der Waals surface area contributed by atoms with E-state index in [2.05, 4.69) is 0 Å². The summed E-state index contributed by atoms with van der Waals surface area (Å²) in [5.41, 5.74) is 4.58. The molecule has 182 valence electrons. The molecule has 5 nitrogen and oxygen atoms in total. The van der Waals surface area contributed by atoms with E-state index in [9.17, 15) is 19.1 Å². The molecule has 0 aromatic heterocycles. The fourth-order valence-corrected chi connectivity index (χ4v) is 4.79. The topological polar surface area (TPSA) is 66.8 Å². The lowest BCUT2D eigenvalue weighted by Crippen LogP contribution is -2.40. The smallest absolute Gasteiger partial charge is 0.307 e. The summed E-state index contributed by atoms with van der Waals surface area (Å²) in [6, 6.07) is 18.4. The summed E-state index contributed by atoms with van der Waals surface area (Å²) >= 11 is 0. The number of benzene rings is 3. The molecule has 0 bridgehead atoms. The average Bonchev–Trinajstić information content (AvgIpc) is 2.85. The maximum Gasteiger partial charge on any atom is 0.307 e. The molecule has 1 aliphatic rings. The standard InChI is InChI=1S/C29H30FNO4/c1-3-35-27-12-9-21(17-28(32)33)16-24(27)22-10-11-26(30)23-13-14-31(18-25(22)23)29(34)19(2)15-20-7-5-4-6-8-20/h4-12,16,19H,3,13-15,17-18H2,1-2H3,(H,32,33)/t19-/m1/s1. The van der Waals surface area contributed by atoms with Crippen LogP contribution in [0.5, 0.6) is 5.75 Å². The van der Waals surface area contributed by atoms with Gasteiger partial charge in [-0.25, -0.2) is 4.39 Å². The Kier molecular flexibility index (Phi) is 7.49. The molecule has 1 amide bonds. The molecule has 3 aromatic rings. The number of ether oxygens (including phenoxy) is 1. The Morgan fingerprint density at radius 1 is 1.03 bits per heavy atom. The van der Waals surface area contributed by atoms with Gasteiger partial charge in [0.05, 0.1) is 13.0 Å². The average molecular weight is 476 g/mol. The van der Waals surface area contributed by atoms with Crippen molar-refractivity contribution in [1.29, 1.82) is 0 Å². The van der Waals surface area contributed by atoms with Gasteiger partial charge in [-0.15, -0.1) is 0 Å². The van der Waals surface area contributed by atoms with Crippen LogP contribution in [0.25, 0.3) is 11.1 Å². The number of fused-ring (bicyclic) bond motifs is 1. The van der Waals surface area contributed by atoms with Gasteiger partial charge < -0.3 is 14.7 Å². The van der Waals surface area contributed by atoms with Gasteiger partial charge in [0.1, 0.15) is 11.6 Å². The third-order valence-corrected chi connectivity index (χ3v) is 6.46. The van der Waals surface area contributed by atoms with Crippen molar-refractivity contribution < 1.29 is 23.8 Å². The third kappa shape index (κ3) is 5.53. The minimum Gasteiger partial charge on any atom is -0.493 e. The van der Waals surface area contributed by atoms with Gasteiger partial charge in [-0.1, -0.05) is 49.4 Å².